The number of amides is 1. The average molecular weight is 294 g/mol. The molecule has 1 aromatic heterocycles. The highest BCUT2D eigenvalue weighted by Gasteiger charge is 2.49. The van der Waals surface area contributed by atoms with E-state index in [-0.39, 0.29) is 35.8 Å². The van der Waals surface area contributed by atoms with Gasteiger partial charge in [0.15, 0.2) is 0 Å². The Kier molecular flexibility index (Phi) is 3.54. The fraction of sp³-hybridized carbons (Fsp3) is 0.615. The summed E-state index contributed by atoms with van der Waals surface area (Å²) < 4.78 is 10.3. The first-order valence-corrected chi connectivity index (χ1v) is 7.00. The van der Waals surface area contributed by atoms with Gasteiger partial charge in [-0.1, -0.05) is 0 Å². The molecule has 1 amide bonds. The number of aromatic nitrogens is 1. The number of nitrogen functional groups attached to an aromatic ring is 1. The standard InChI is InChI=1S/C13H18N4O4/c14-12-17-7-9(21-12)10(18)16-6-8-5-13(11(19)20-8)1-3-15-4-2-13/h7-8,15H,1-6H2,(H2,14,17)(H,16,18). The molecule has 21 heavy (non-hydrogen) atoms. The highest BCUT2D eigenvalue weighted by molar-refractivity contribution is 5.91. The third-order valence-electron chi connectivity index (χ3n) is 4.12. The van der Waals surface area contributed by atoms with Crippen LogP contribution in [0.1, 0.15) is 29.8 Å². The summed E-state index contributed by atoms with van der Waals surface area (Å²) in [5, 5.41) is 5.91. The maximum atomic E-state index is 12.1. The molecule has 1 atom stereocenters. The molecule has 1 spiro atoms. The number of anilines is 1. The highest BCUT2D eigenvalue weighted by Crippen LogP contribution is 2.41. The van der Waals surface area contributed by atoms with Gasteiger partial charge in [0.1, 0.15) is 6.10 Å². The molecule has 114 valence electrons. The highest BCUT2D eigenvalue weighted by atomic mass is 16.6. The van der Waals surface area contributed by atoms with E-state index in [2.05, 4.69) is 15.6 Å². The number of cyclic esters (lactones) is 1. The Morgan fingerprint density at radius 3 is 2.95 bits per heavy atom. The molecule has 1 unspecified atom stereocenters. The third-order valence-corrected chi connectivity index (χ3v) is 4.12. The predicted octanol–water partition coefficient (Wildman–Crippen LogP) is -0.328. The number of hydrogen-bond donors (Lipinski definition) is 3. The lowest BCUT2D eigenvalue weighted by molar-refractivity contribution is -0.149. The van der Waals surface area contributed by atoms with E-state index in [0.29, 0.717) is 6.42 Å². The third kappa shape index (κ3) is 2.71. The fourth-order valence-corrected chi connectivity index (χ4v) is 2.95. The van der Waals surface area contributed by atoms with Crippen LogP contribution in [0.25, 0.3) is 0 Å². The number of ether oxygens (including phenoxy) is 1. The molecule has 2 aliphatic rings. The summed E-state index contributed by atoms with van der Waals surface area (Å²) >= 11 is 0. The van der Waals surface area contributed by atoms with Crippen molar-refractivity contribution < 1.29 is 18.7 Å². The summed E-state index contributed by atoms with van der Waals surface area (Å²) in [6.45, 7) is 1.91. The van der Waals surface area contributed by atoms with E-state index >= 15 is 0 Å². The first-order chi connectivity index (χ1) is 10.1. The van der Waals surface area contributed by atoms with E-state index in [1.54, 1.807) is 0 Å². The smallest absolute Gasteiger partial charge is 0.312 e. The van der Waals surface area contributed by atoms with Gasteiger partial charge in [0.2, 0.25) is 5.76 Å². The van der Waals surface area contributed by atoms with Gasteiger partial charge < -0.3 is 25.5 Å². The molecule has 2 fully saturated rings. The molecule has 0 saturated carbocycles. The van der Waals surface area contributed by atoms with Crippen molar-refractivity contribution in [2.75, 3.05) is 25.4 Å². The second-order valence-corrected chi connectivity index (χ2v) is 5.53. The molecule has 3 rings (SSSR count). The first kappa shape index (κ1) is 13.9. The van der Waals surface area contributed by atoms with Gasteiger partial charge in [-0.2, -0.15) is 0 Å². The van der Waals surface area contributed by atoms with Crippen molar-refractivity contribution in [1.82, 2.24) is 15.6 Å². The Balaban J connectivity index is 1.55. The Morgan fingerprint density at radius 2 is 2.29 bits per heavy atom. The maximum Gasteiger partial charge on any atom is 0.312 e. The SMILES string of the molecule is Nc1ncc(C(=O)NCC2CC3(CCNCC3)C(=O)O2)o1. The lowest BCUT2D eigenvalue weighted by Gasteiger charge is -2.29. The molecule has 2 aliphatic heterocycles. The maximum absolute atomic E-state index is 12.1. The Hall–Kier alpha value is -2.09. The summed E-state index contributed by atoms with van der Waals surface area (Å²) in [4.78, 5) is 27.5. The van der Waals surface area contributed by atoms with Gasteiger partial charge in [-0.15, -0.1) is 0 Å². The molecule has 3 heterocycles. The molecule has 0 radical (unpaired) electrons. The van der Waals surface area contributed by atoms with Crippen LogP contribution in [0.15, 0.2) is 10.6 Å². The number of carbonyl (C=O) groups is 2. The number of rotatable bonds is 3. The normalized spacial score (nSPS) is 24.0. The van der Waals surface area contributed by atoms with Gasteiger partial charge in [-0.3, -0.25) is 9.59 Å². The van der Waals surface area contributed by atoms with Crippen molar-refractivity contribution in [1.29, 1.82) is 0 Å². The molecule has 8 heteroatoms. The second kappa shape index (κ2) is 5.36. The first-order valence-electron chi connectivity index (χ1n) is 7.00. The number of esters is 1. The van der Waals surface area contributed by atoms with Gasteiger partial charge in [0, 0.05) is 6.42 Å². The minimum Gasteiger partial charge on any atom is -0.460 e. The average Bonchev–Trinajstić information content (AvgIpc) is 3.03. The predicted molar refractivity (Wildman–Crippen MR) is 72.3 cm³/mol. The Bertz CT molecular complexity index is 550. The van der Waals surface area contributed by atoms with Crippen molar-refractivity contribution in [3.05, 3.63) is 12.0 Å². The van der Waals surface area contributed by atoms with Gasteiger partial charge in [-0.05, 0) is 25.9 Å². The van der Waals surface area contributed by atoms with Gasteiger partial charge >= 0.3 is 5.97 Å². The van der Waals surface area contributed by atoms with E-state index in [4.69, 9.17) is 14.9 Å². The lowest BCUT2D eigenvalue weighted by atomic mass is 9.76. The summed E-state index contributed by atoms with van der Waals surface area (Å²) in [6.07, 6.45) is 3.19. The van der Waals surface area contributed by atoms with Gasteiger partial charge in [0.25, 0.3) is 11.9 Å². The number of nitrogens with two attached hydrogens (primary N) is 1. The minimum absolute atomic E-state index is 0.0494. The number of hydrogen-bond acceptors (Lipinski definition) is 7. The number of oxazole rings is 1. The van der Waals surface area contributed by atoms with E-state index < -0.39 is 5.91 Å². The van der Waals surface area contributed by atoms with Crippen molar-refractivity contribution in [3.8, 4) is 0 Å². The van der Waals surface area contributed by atoms with Gasteiger partial charge in [0.05, 0.1) is 18.2 Å². The fourth-order valence-electron chi connectivity index (χ4n) is 2.95. The summed E-state index contributed by atoms with van der Waals surface area (Å²) in [5.74, 6) is -0.512. The molecule has 0 aromatic carbocycles. The molecule has 2 saturated heterocycles. The van der Waals surface area contributed by atoms with Gasteiger partial charge in [-0.25, -0.2) is 4.98 Å². The molecule has 0 bridgehead atoms. The lowest BCUT2D eigenvalue weighted by Crippen LogP contribution is -2.39. The van der Waals surface area contributed by atoms with Crippen LogP contribution in [0, 0.1) is 5.41 Å². The largest absolute Gasteiger partial charge is 0.460 e. The van der Waals surface area contributed by atoms with Crippen LogP contribution in [0.3, 0.4) is 0 Å². The summed E-state index contributed by atoms with van der Waals surface area (Å²) in [6, 6.07) is -0.0545. The number of nitrogens with one attached hydrogen (secondary N) is 2. The molecular weight excluding hydrogens is 276 g/mol. The summed E-state index contributed by atoms with van der Waals surface area (Å²) in [5.41, 5.74) is 4.94. The monoisotopic (exact) mass is 294 g/mol. The molecule has 4 N–H and O–H groups in total. The molecular formula is C13H18N4O4. The van der Waals surface area contributed by atoms with E-state index in [0.717, 1.165) is 25.9 Å². The van der Waals surface area contributed by atoms with Crippen molar-refractivity contribution in [2.45, 2.75) is 25.4 Å². The zero-order chi connectivity index (χ0) is 14.9. The molecule has 8 nitrogen and oxygen atoms in total. The van der Waals surface area contributed by atoms with Crippen LogP contribution in [-0.4, -0.2) is 42.6 Å². The quantitative estimate of drug-likeness (QED) is 0.653. The van der Waals surface area contributed by atoms with Crippen molar-refractivity contribution in [3.63, 3.8) is 0 Å². The number of carbonyl (C=O) groups excluding carboxylic acids is 2. The van der Waals surface area contributed by atoms with Crippen LogP contribution in [0.4, 0.5) is 6.01 Å². The second-order valence-electron chi connectivity index (χ2n) is 5.53. The van der Waals surface area contributed by atoms with E-state index in [9.17, 15) is 9.59 Å². The van der Waals surface area contributed by atoms with Crippen LogP contribution in [0.2, 0.25) is 0 Å². The number of piperidine rings is 1. The topological polar surface area (TPSA) is 119 Å². The molecule has 0 aliphatic carbocycles. The Morgan fingerprint density at radius 1 is 1.52 bits per heavy atom. The summed E-state index contributed by atoms with van der Waals surface area (Å²) in [7, 11) is 0. The number of nitrogens with zero attached hydrogens (tertiary/aromatic N) is 1. The molecule has 1 aromatic rings. The van der Waals surface area contributed by atoms with E-state index in [1.807, 2.05) is 0 Å². The van der Waals surface area contributed by atoms with Crippen molar-refractivity contribution >= 4 is 17.9 Å². The van der Waals surface area contributed by atoms with Crippen molar-refractivity contribution in [2.24, 2.45) is 5.41 Å². The van der Waals surface area contributed by atoms with Crippen LogP contribution >= 0.6 is 0 Å². The van der Waals surface area contributed by atoms with E-state index in [1.165, 1.54) is 6.20 Å². The van der Waals surface area contributed by atoms with Crippen LogP contribution in [-0.2, 0) is 9.53 Å². The Labute approximate surface area is 121 Å². The minimum atomic E-state index is -0.415. The zero-order valence-electron chi connectivity index (χ0n) is 11.6. The van der Waals surface area contributed by atoms with Crippen LogP contribution in [0.5, 0.6) is 0 Å². The van der Waals surface area contributed by atoms with Crippen LogP contribution < -0.4 is 16.4 Å². The zero-order valence-corrected chi connectivity index (χ0v) is 11.6.